The summed E-state index contributed by atoms with van der Waals surface area (Å²) >= 11 is 0. The lowest BCUT2D eigenvalue weighted by Gasteiger charge is -2.34. The van der Waals surface area contributed by atoms with Gasteiger partial charge in [0.05, 0.1) is 10.6 Å². The number of rotatable bonds is 11. The van der Waals surface area contributed by atoms with Crippen LogP contribution in [0, 0.1) is 13.8 Å². The Bertz CT molecular complexity index is 1420. The van der Waals surface area contributed by atoms with Gasteiger partial charge >= 0.3 is 0 Å². The molecule has 1 aliphatic rings. The first-order valence-electron chi connectivity index (χ1n) is 14.0. The second kappa shape index (κ2) is 13.1. The molecule has 8 heteroatoms. The topological polar surface area (TPSA) is 86.8 Å². The van der Waals surface area contributed by atoms with Gasteiger partial charge in [0, 0.05) is 12.6 Å². The predicted molar refractivity (Wildman–Crippen MR) is 158 cm³/mol. The molecule has 7 nitrogen and oxygen atoms in total. The Hall–Kier alpha value is -3.65. The molecule has 4 rings (SSSR count). The van der Waals surface area contributed by atoms with Gasteiger partial charge < -0.3 is 10.2 Å². The highest BCUT2D eigenvalue weighted by molar-refractivity contribution is 7.92. The predicted octanol–water partition coefficient (Wildman–Crippen LogP) is 5.36. The number of hydrogen-bond acceptors (Lipinski definition) is 4. The maximum absolute atomic E-state index is 14.2. The van der Waals surface area contributed by atoms with Crippen molar-refractivity contribution in [2.24, 2.45) is 0 Å². The lowest BCUT2D eigenvalue weighted by Crippen LogP contribution is -2.53. The van der Waals surface area contributed by atoms with Gasteiger partial charge in [-0.05, 0) is 74.1 Å². The first-order valence-corrected chi connectivity index (χ1v) is 15.4. The number of carbonyl (C=O) groups excluding carboxylic acids is 2. The zero-order valence-electron chi connectivity index (χ0n) is 23.5. The first-order chi connectivity index (χ1) is 19.2. The number of nitrogens with one attached hydrogen (secondary N) is 1. The quantitative estimate of drug-likeness (QED) is 0.341. The molecular formula is C32H39N3O4S. The van der Waals surface area contributed by atoms with Crippen molar-refractivity contribution >= 4 is 27.5 Å². The fraction of sp³-hybridized carbons (Fsp3) is 0.375. The van der Waals surface area contributed by atoms with Gasteiger partial charge in [0.15, 0.2) is 0 Å². The van der Waals surface area contributed by atoms with E-state index < -0.39 is 28.5 Å². The van der Waals surface area contributed by atoms with Gasteiger partial charge in [0.25, 0.3) is 10.0 Å². The average molecular weight is 562 g/mol. The molecule has 0 unspecified atom stereocenters. The molecule has 0 aliphatic heterocycles. The highest BCUT2D eigenvalue weighted by Gasteiger charge is 2.34. The molecular weight excluding hydrogens is 522 g/mol. The van der Waals surface area contributed by atoms with Crippen molar-refractivity contribution in [3.05, 3.63) is 95.6 Å². The Kier molecular flexibility index (Phi) is 9.63. The zero-order valence-corrected chi connectivity index (χ0v) is 24.4. The summed E-state index contributed by atoms with van der Waals surface area (Å²) in [5.41, 5.74) is 3.18. The van der Waals surface area contributed by atoms with E-state index in [0.29, 0.717) is 12.1 Å². The molecule has 40 heavy (non-hydrogen) atoms. The van der Waals surface area contributed by atoms with E-state index in [-0.39, 0.29) is 23.4 Å². The number of carbonyl (C=O) groups is 2. The van der Waals surface area contributed by atoms with Crippen molar-refractivity contribution in [1.29, 1.82) is 0 Å². The Morgan fingerprint density at radius 2 is 1.60 bits per heavy atom. The number of nitrogens with zero attached hydrogens (tertiary/aromatic N) is 2. The van der Waals surface area contributed by atoms with Crippen LogP contribution in [-0.4, -0.2) is 43.8 Å². The van der Waals surface area contributed by atoms with Crippen molar-refractivity contribution in [3.63, 3.8) is 0 Å². The summed E-state index contributed by atoms with van der Waals surface area (Å²) in [5.74, 6) is -0.623. The molecule has 2 amide bonds. The third-order valence-corrected chi connectivity index (χ3v) is 9.38. The number of aryl methyl sites for hydroxylation is 2. The number of anilines is 1. The zero-order chi connectivity index (χ0) is 28.7. The van der Waals surface area contributed by atoms with E-state index in [1.807, 2.05) is 51.1 Å². The molecule has 0 heterocycles. The van der Waals surface area contributed by atoms with E-state index in [2.05, 4.69) is 5.32 Å². The van der Waals surface area contributed by atoms with Gasteiger partial charge in [0.2, 0.25) is 11.8 Å². The average Bonchev–Trinajstić information content (AvgIpc) is 3.46. The van der Waals surface area contributed by atoms with Crippen LogP contribution in [0.5, 0.6) is 0 Å². The van der Waals surface area contributed by atoms with Gasteiger partial charge in [0.1, 0.15) is 12.6 Å². The molecule has 1 aliphatic carbocycles. The summed E-state index contributed by atoms with van der Waals surface area (Å²) < 4.78 is 28.9. The highest BCUT2D eigenvalue weighted by Crippen LogP contribution is 2.26. The van der Waals surface area contributed by atoms with Crippen LogP contribution in [0.1, 0.15) is 55.7 Å². The van der Waals surface area contributed by atoms with Crippen LogP contribution in [0.15, 0.2) is 83.8 Å². The molecule has 3 aromatic rings. The van der Waals surface area contributed by atoms with Gasteiger partial charge in [-0.2, -0.15) is 0 Å². The van der Waals surface area contributed by atoms with Crippen LogP contribution in [-0.2, 0) is 26.2 Å². The van der Waals surface area contributed by atoms with Crippen LogP contribution in [0.2, 0.25) is 0 Å². The normalized spacial score (nSPS) is 14.5. The van der Waals surface area contributed by atoms with Crippen molar-refractivity contribution < 1.29 is 18.0 Å². The maximum atomic E-state index is 14.2. The van der Waals surface area contributed by atoms with Crippen molar-refractivity contribution in [1.82, 2.24) is 10.2 Å². The van der Waals surface area contributed by atoms with E-state index in [9.17, 15) is 18.0 Å². The summed E-state index contributed by atoms with van der Waals surface area (Å²) in [7, 11) is -4.07. The highest BCUT2D eigenvalue weighted by atomic mass is 32.2. The molecule has 0 bridgehead atoms. The second-order valence-electron chi connectivity index (χ2n) is 10.5. The SMILES string of the molecule is CC[C@H](C(=O)NC1CCCC1)N(Cc1ccccc1C)C(=O)CN(c1cccc(C)c1)S(=O)(=O)c1ccccc1. The Balaban J connectivity index is 1.71. The second-order valence-corrected chi connectivity index (χ2v) is 12.4. The van der Waals surface area contributed by atoms with Crippen molar-refractivity contribution in [2.75, 3.05) is 10.8 Å². The maximum Gasteiger partial charge on any atom is 0.264 e. The molecule has 1 N–H and O–H groups in total. The van der Waals surface area contributed by atoms with E-state index >= 15 is 0 Å². The minimum Gasteiger partial charge on any atom is -0.352 e. The van der Waals surface area contributed by atoms with E-state index in [1.54, 1.807) is 41.3 Å². The van der Waals surface area contributed by atoms with E-state index in [1.165, 1.54) is 12.1 Å². The largest absolute Gasteiger partial charge is 0.352 e. The minimum absolute atomic E-state index is 0.0979. The van der Waals surface area contributed by atoms with Gasteiger partial charge in [-0.25, -0.2) is 8.42 Å². The lowest BCUT2D eigenvalue weighted by molar-refractivity contribution is -0.140. The molecule has 0 aromatic heterocycles. The molecule has 1 saturated carbocycles. The molecule has 0 saturated heterocycles. The molecule has 1 atom stereocenters. The summed E-state index contributed by atoms with van der Waals surface area (Å²) in [6.07, 6.45) is 4.44. The van der Waals surface area contributed by atoms with Crippen molar-refractivity contribution in [2.45, 2.75) is 76.4 Å². The van der Waals surface area contributed by atoms with Crippen LogP contribution in [0.3, 0.4) is 0 Å². The standard InChI is InChI=1S/C32H39N3O4S/c1-4-30(32(37)33-27-16-10-11-17-27)34(22-26-15-9-8-14-25(26)3)31(36)23-35(28-18-12-13-24(2)21-28)40(38,39)29-19-6-5-7-20-29/h5-9,12-15,18-21,27,30H,4,10-11,16-17,22-23H2,1-3H3,(H,33,37)/t30-/m1/s1. The third-order valence-electron chi connectivity index (χ3n) is 7.59. The Morgan fingerprint density at radius 1 is 0.925 bits per heavy atom. The molecule has 1 fully saturated rings. The minimum atomic E-state index is -4.07. The summed E-state index contributed by atoms with van der Waals surface area (Å²) in [6.45, 7) is 5.50. The monoisotopic (exact) mass is 561 g/mol. The van der Waals surface area contributed by atoms with Crippen LogP contribution in [0.25, 0.3) is 0 Å². The fourth-order valence-electron chi connectivity index (χ4n) is 5.29. The summed E-state index contributed by atoms with van der Waals surface area (Å²) in [6, 6.07) is 22.3. The molecule has 0 radical (unpaired) electrons. The Labute approximate surface area is 238 Å². The number of amides is 2. The van der Waals surface area contributed by atoms with E-state index in [0.717, 1.165) is 46.7 Å². The van der Waals surface area contributed by atoms with Crippen LogP contribution in [0.4, 0.5) is 5.69 Å². The molecule has 0 spiro atoms. The van der Waals surface area contributed by atoms with Crippen LogP contribution < -0.4 is 9.62 Å². The molecule has 212 valence electrons. The number of hydrogen-bond donors (Lipinski definition) is 1. The smallest absolute Gasteiger partial charge is 0.264 e. The summed E-state index contributed by atoms with van der Waals surface area (Å²) in [5, 5.41) is 3.15. The fourth-order valence-corrected chi connectivity index (χ4v) is 6.72. The van der Waals surface area contributed by atoms with Gasteiger partial charge in [-0.15, -0.1) is 0 Å². The summed E-state index contributed by atoms with van der Waals surface area (Å²) in [4.78, 5) is 29.4. The van der Waals surface area contributed by atoms with Crippen LogP contribution >= 0.6 is 0 Å². The van der Waals surface area contributed by atoms with Gasteiger partial charge in [-0.3, -0.25) is 13.9 Å². The van der Waals surface area contributed by atoms with Crippen molar-refractivity contribution in [3.8, 4) is 0 Å². The number of sulfonamides is 1. The van der Waals surface area contributed by atoms with Gasteiger partial charge in [-0.1, -0.05) is 74.4 Å². The Morgan fingerprint density at radius 3 is 2.25 bits per heavy atom. The van der Waals surface area contributed by atoms with E-state index in [4.69, 9.17) is 0 Å². The molecule has 3 aromatic carbocycles. The number of benzene rings is 3. The third kappa shape index (κ3) is 6.91. The first kappa shape index (κ1) is 29.3. The lowest BCUT2D eigenvalue weighted by atomic mass is 10.1.